The zero-order valence-electron chi connectivity index (χ0n) is 41.5. The number of hydrogen-bond donors (Lipinski definition) is 4. The summed E-state index contributed by atoms with van der Waals surface area (Å²) in [6.07, 6.45) is 10.5. The van der Waals surface area contributed by atoms with E-state index in [2.05, 4.69) is 33.9 Å². The summed E-state index contributed by atoms with van der Waals surface area (Å²) in [7, 11) is 0. The molecular formula is C53H69N7O9. The standard InChI is InChI=1S/C53H69N7O9/c1-30(2)29-58-21-18-53(19-22-58)56-41-38-39-45(62)36(8)48-40(38)49(64)52(9,69-48)67-27-13-16-32(4)47(68-51(66)60-25-23-59(24-26-60)37-17-10-11-20-54-37)35(7)44(61)34(6)28-31(3)14-12-15-33(5)50(65)55-43(46(39)63)42(41)57-53/h10-15,17,20,27,30-32,34-35,44,47,61-63H,16,18-19,21-26,28-29H2,1-9H3,(H,55,65)/b14-12+,27-13+,33-15-/t31?,32-,34-,35-,44?,47?,52?/m1/s1. The molecule has 6 aliphatic heterocycles. The maximum atomic E-state index is 14.8. The van der Waals surface area contributed by atoms with E-state index in [1.54, 1.807) is 43.2 Å². The number of ketones is 1. The second kappa shape index (κ2) is 19.8. The molecule has 6 aliphatic rings. The van der Waals surface area contributed by atoms with E-state index in [0.29, 0.717) is 63.4 Å². The summed E-state index contributed by atoms with van der Waals surface area (Å²) in [5.41, 5.74) is -0.321. The number of phenolic OH excluding ortho intramolecular Hbond substituents is 2. The van der Waals surface area contributed by atoms with E-state index in [-0.39, 0.29) is 67.6 Å². The lowest BCUT2D eigenvalue weighted by molar-refractivity contribution is -0.112. The zero-order valence-corrected chi connectivity index (χ0v) is 41.5. The van der Waals surface area contributed by atoms with Crippen LogP contribution in [-0.4, -0.2) is 117 Å². The van der Waals surface area contributed by atoms with Crippen LogP contribution in [0, 0.1) is 36.5 Å². The largest absolute Gasteiger partial charge is 0.507 e. The molecule has 2 amide bonds. The van der Waals surface area contributed by atoms with E-state index in [1.807, 2.05) is 52.0 Å². The number of amides is 2. The van der Waals surface area contributed by atoms with Gasteiger partial charge in [-0.05, 0) is 68.6 Å². The van der Waals surface area contributed by atoms with Crippen LogP contribution >= 0.6 is 0 Å². The van der Waals surface area contributed by atoms with Gasteiger partial charge in [-0.15, -0.1) is 0 Å². The number of pyridine rings is 1. The number of Topliss-reactive ketones (excluding diaryl/α,β-unsaturated/α-hetero) is 1. The van der Waals surface area contributed by atoms with E-state index in [1.165, 1.54) is 13.2 Å². The number of piperazine rings is 1. The first-order chi connectivity index (χ1) is 32.8. The van der Waals surface area contributed by atoms with Gasteiger partial charge in [0.2, 0.25) is 0 Å². The fourth-order valence-electron chi connectivity index (χ4n) is 10.7. The quantitative estimate of drug-likeness (QED) is 0.197. The van der Waals surface area contributed by atoms with E-state index < -0.39 is 53.1 Å². The van der Waals surface area contributed by atoms with Crippen LogP contribution in [0.1, 0.15) is 97.0 Å². The van der Waals surface area contributed by atoms with Crippen molar-refractivity contribution in [1.82, 2.24) is 14.8 Å². The molecule has 2 saturated heterocycles. The molecule has 4 unspecified atom stereocenters. The number of allylic oxidation sites excluding steroid dienone is 4. The predicted molar refractivity (Wildman–Crippen MR) is 263 cm³/mol. The van der Waals surface area contributed by atoms with Gasteiger partial charge >= 0.3 is 11.9 Å². The Balaban J connectivity index is 1.15. The second-order valence-electron chi connectivity index (χ2n) is 20.6. The SMILES string of the molecule is C/C1=C/C=C/C(C)C[C@@H](C)C(O)[C@@H](C)C(OC(=O)N2CCN(c3ccccn3)CC2)[C@H](C)C/C=C/OC2(C)Oc3c(C)c(O)c4c(O)c(c5c(c4c3C2=O)=NC2(CCN(CC(C)C)CC2)N=5)NC1=O. The maximum absolute atomic E-state index is 14.8. The van der Waals surface area contributed by atoms with Crippen LogP contribution in [0.25, 0.3) is 10.8 Å². The lowest BCUT2D eigenvalue weighted by Gasteiger charge is -2.38. The van der Waals surface area contributed by atoms with Gasteiger partial charge in [-0.25, -0.2) is 9.78 Å². The van der Waals surface area contributed by atoms with Crippen molar-refractivity contribution in [1.29, 1.82) is 0 Å². The summed E-state index contributed by atoms with van der Waals surface area (Å²) < 4.78 is 18.9. The number of anilines is 2. The normalized spacial score (nSPS) is 29.4. The van der Waals surface area contributed by atoms with Crippen molar-refractivity contribution in [2.24, 2.45) is 39.6 Å². The average molecular weight is 948 g/mol. The number of benzene rings is 2. The number of nitrogens with one attached hydrogen (secondary N) is 1. The molecule has 69 heavy (non-hydrogen) atoms. The molecule has 16 nitrogen and oxygen atoms in total. The molecule has 9 rings (SSSR count). The monoisotopic (exact) mass is 948 g/mol. The Bertz CT molecular complexity index is 2690. The molecule has 2 fully saturated rings. The van der Waals surface area contributed by atoms with Crippen molar-refractivity contribution in [3.63, 3.8) is 0 Å². The smallest absolute Gasteiger partial charge is 0.410 e. The van der Waals surface area contributed by atoms with Crippen molar-refractivity contribution in [2.45, 2.75) is 112 Å². The molecule has 2 aromatic carbocycles. The van der Waals surface area contributed by atoms with Gasteiger partial charge < -0.3 is 49.5 Å². The van der Waals surface area contributed by atoms with Gasteiger partial charge in [-0.3, -0.25) is 19.6 Å². The topological polar surface area (TPSA) is 199 Å². The van der Waals surface area contributed by atoms with Gasteiger partial charge in [0, 0.05) is 94.2 Å². The molecule has 0 aliphatic carbocycles. The molecule has 4 N–H and O–H groups in total. The highest BCUT2D eigenvalue weighted by Crippen LogP contribution is 2.50. The van der Waals surface area contributed by atoms with Crippen LogP contribution < -0.4 is 25.7 Å². The van der Waals surface area contributed by atoms with Crippen LogP contribution in [0.2, 0.25) is 0 Å². The molecule has 1 aromatic heterocycles. The van der Waals surface area contributed by atoms with Crippen LogP contribution in [0.3, 0.4) is 0 Å². The van der Waals surface area contributed by atoms with Crippen molar-refractivity contribution in [3.8, 4) is 17.2 Å². The molecule has 16 heteroatoms. The van der Waals surface area contributed by atoms with Gasteiger partial charge in [0.25, 0.3) is 11.7 Å². The molecule has 7 heterocycles. The van der Waals surface area contributed by atoms with Gasteiger partial charge in [-0.2, -0.15) is 0 Å². The molecule has 7 atom stereocenters. The minimum Gasteiger partial charge on any atom is -0.507 e. The number of piperidine rings is 1. The molecule has 0 saturated carbocycles. The fourth-order valence-corrected chi connectivity index (χ4v) is 10.7. The highest BCUT2D eigenvalue weighted by atomic mass is 16.7. The molecular weight excluding hydrogens is 879 g/mol. The number of hydrogen-bond acceptors (Lipinski definition) is 14. The maximum Gasteiger partial charge on any atom is 0.410 e. The molecule has 0 radical (unpaired) electrons. The number of carbonyl (C=O) groups excluding carboxylic acids is 3. The first-order valence-electron chi connectivity index (χ1n) is 24.6. The van der Waals surface area contributed by atoms with Gasteiger partial charge in [0.1, 0.15) is 34.5 Å². The molecule has 370 valence electrons. The van der Waals surface area contributed by atoms with Gasteiger partial charge in [0.15, 0.2) is 11.4 Å². The van der Waals surface area contributed by atoms with E-state index in [0.717, 1.165) is 25.5 Å². The summed E-state index contributed by atoms with van der Waals surface area (Å²) in [6, 6.07) is 5.76. The van der Waals surface area contributed by atoms with E-state index >= 15 is 0 Å². The fraction of sp³-hybridized carbons (Fsp3) is 0.547. The third-order valence-corrected chi connectivity index (χ3v) is 14.7. The summed E-state index contributed by atoms with van der Waals surface area (Å²) >= 11 is 0. The number of ether oxygens (including phenoxy) is 3. The summed E-state index contributed by atoms with van der Waals surface area (Å²) in [6.45, 7) is 21.5. The van der Waals surface area contributed by atoms with Crippen molar-refractivity contribution in [3.05, 3.63) is 82.4 Å². The third-order valence-electron chi connectivity index (χ3n) is 14.7. The third kappa shape index (κ3) is 9.79. The number of rotatable bonds is 4. The Morgan fingerprint density at radius 3 is 2.35 bits per heavy atom. The first kappa shape index (κ1) is 49.4. The first-order valence-corrected chi connectivity index (χ1v) is 24.6. The van der Waals surface area contributed by atoms with Gasteiger partial charge in [-0.1, -0.05) is 65.8 Å². The Kier molecular flexibility index (Phi) is 14.2. The minimum absolute atomic E-state index is 0.00351. The van der Waals surface area contributed by atoms with Crippen molar-refractivity contribution < 1.29 is 43.9 Å². The van der Waals surface area contributed by atoms with Crippen molar-refractivity contribution in [2.75, 3.05) is 56.0 Å². The van der Waals surface area contributed by atoms with Crippen LogP contribution in [-0.2, 0) is 14.3 Å². The van der Waals surface area contributed by atoms with E-state index in [4.69, 9.17) is 24.2 Å². The van der Waals surface area contributed by atoms with Gasteiger partial charge in [0.05, 0.1) is 28.7 Å². The summed E-state index contributed by atoms with van der Waals surface area (Å²) in [5.74, 6) is -3.27. The predicted octanol–water partition coefficient (Wildman–Crippen LogP) is 6.94. The summed E-state index contributed by atoms with van der Waals surface area (Å²) in [5, 5.41) is 39.5. The van der Waals surface area contributed by atoms with Crippen LogP contribution in [0.15, 0.2) is 70.5 Å². The highest BCUT2D eigenvalue weighted by Gasteiger charge is 2.50. The molecule has 5 bridgehead atoms. The Morgan fingerprint density at radius 2 is 1.67 bits per heavy atom. The summed E-state index contributed by atoms with van der Waals surface area (Å²) in [4.78, 5) is 63.8. The zero-order chi connectivity index (χ0) is 49.5. The minimum atomic E-state index is -1.89. The number of phenols is 2. The Labute approximate surface area is 404 Å². The number of aromatic hydroxyl groups is 2. The number of aliphatic hydroxyl groups is 1. The number of likely N-dealkylation sites (tertiary alicyclic amines) is 1. The number of fused-ring (bicyclic) bond motifs is 13. The number of aromatic nitrogens is 1. The Hall–Kier alpha value is -6.00. The highest BCUT2D eigenvalue weighted by molar-refractivity contribution is 6.19. The average Bonchev–Trinajstić information content (AvgIpc) is 3.83. The molecule has 1 spiro atoms. The van der Waals surface area contributed by atoms with Crippen LogP contribution in [0.4, 0.5) is 16.3 Å². The Morgan fingerprint density at radius 1 is 0.957 bits per heavy atom. The number of aliphatic hydroxyl groups excluding tert-OH is 1. The van der Waals surface area contributed by atoms with E-state index in [9.17, 15) is 29.7 Å². The number of nitrogens with zero attached hydrogens (tertiary/aromatic N) is 6. The number of carbonyl (C=O) groups is 3. The van der Waals surface area contributed by atoms with Crippen LogP contribution in [0.5, 0.6) is 17.2 Å². The van der Waals surface area contributed by atoms with Crippen molar-refractivity contribution >= 4 is 40.1 Å². The second-order valence-corrected chi connectivity index (χ2v) is 20.6. The lowest BCUT2D eigenvalue weighted by atomic mass is 9.80. The lowest BCUT2D eigenvalue weighted by Crippen LogP contribution is -2.51. The molecule has 3 aromatic rings.